The molecule has 2 nitrogen and oxygen atoms in total. The van der Waals surface area contributed by atoms with Crippen LogP contribution in [0.1, 0.15) is 116 Å². The molecule has 0 aliphatic heterocycles. The highest BCUT2D eigenvalue weighted by Gasteiger charge is 2.59. The molecule has 0 radical (unpaired) electrons. The van der Waals surface area contributed by atoms with Crippen LogP contribution in [0.25, 0.3) is 0 Å². The lowest BCUT2D eigenvalue weighted by atomic mass is 9.47. The van der Waals surface area contributed by atoms with E-state index in [0.717, 1.165) is 61.9 Å². The largest absolute Gasteiger partial charge is 0.458 e. The van der Waals surface area contributed by atoms with Gasteiger partial charge in [0.25, 0.3) is 0 Å². The van der Waals surface area contributed by atoms with Gasteiger partial charge in [-0.15, -0.1) is 0 Å². The zero-order chi connectivity index (χ0) is 28.1. The molecule has 216 valence electrons. The molecule has 0 spiro atoms. The van der Waals surface area contributed by atoms with Crippen LogP contribution < -0.4 is 0 Å². The van der Waals surface area contributed by atoms with E-state index >= 15 is 0 Å². The number of carbonyl (C=O) groups is 1. The van der Waals surface area contributed by atoms with Crippen LogP contribution in [0.2, 0.25) is 0 Å². The summed E-state index contributed by atoms with van der Waals surface area (Å²) in [6.45, 7) is 12.6. The Bertz CT molecular complexity index is 1090. The third kappa shape index (κ3) is 6.04. The fourth-order valence-corrected chi connectivity index (χ4v) is 11.7. The Labute approximate surface area is 278 Å². The summed E-state index contributed by atoms with van der Waals surface area (Å²) in [5, 5.41) is 0. The summed E-state index contributed by atoms with van der Waals surface area (Å²) in [7, 11) is 0. The number of rotatable bonds is 7. The molecule has 1 aromatic rings. The van der Waals surface area contributed by atoms with E-state index < -0.39 is 0 Å². The minimum absolute atomic E-state index is 0.0133. The van der Waals surface area contributed by atoms with E-state index in [-0.39, 0.29) is 12.1 Å². The van der Waals surface area contributed by atoms with Crippen LogP contribution >= 0.6 is 67.8 Å². The van der Waals surface area contributed by atoms with E-state index in [9.17, 15) is 4.79 Å². The monoisotopic (exact) mass is 868 g/mol. The van der Waals surface area contributed by atoms with Crippen LogP contribution in [0.3, 0.4) is 0 Å². The smallest absolute Gasteiger partial charge is 0.338 e. The Morgan fingerprint density at radius 2 is 1.69 bits per heavy atom. The summed E-state index contributed by atoms with van der Waals surface area (Å²) in [6.07, 6.45) is 16.9. The van der Waals surface area contributed by atoms with Crippen molar-refractivity contribution in [3.63, 3.8) is 0 Å². The van der Waals surface area contributed by atoms with Crippen molar-refractivity contribution >= 4 is 73.7 Å². The molecule has 0 saturated heterocycles. The zero-order valence-electron chi connectivity index (χ0n) is 24.5. The molecular formula is C34H47I3O2. The molecule has 3 fully saturated rings. The third-order valence-corrected chi connectivity index (χ3v) is 16.7. The maximum atomic E-state index is 13.1. The van der Waals surface area contributed by atoms with Crippen LogP contribution in [0.5, 0.6) is 0 Å². The van der Waals surface area contributed by atoms with E-state index in [2.05, 4.69) is 108 Å². The van der Waals surface area contributed by atoms with Crippen molar-refractivity contribution in [2.75, 3.05) is 0 Å². The van der Waals surface area contributed by atoms with Crippen LogP contribution in [0.4, 0.5) is 0 Å². The molecule has 0 N–H and O–H groups in total. The van der Waals surface area contributed by atoms with Gasteiger partial charge in [-0.05, 0) is 171 Å². The van der Waals surface area contributed by atoms with Gasteiger partial charge in [-0.25, -0.2) is 4.79 Å². The third-order valence-electron chi connectivity index (χ3n) is 11.8. The van der Waals surface area contributed by atoms with Crippen LogP contribution in [0, 0.1) is 57.0 Å². The van der Waals surface area contributed by atoms with Crippen LogP contribution in [-0.2, 0) is 4.74 Å². The zero-order valence-corrected chi connectivity index (χ0v) is 31.0. The Balaban J connectivity index is 1.25. The van der Waals surface area contributed by atoms with E-state index in [4.69, 9.17) is 4.74 Å². The number of hydrogen-bond donors (Lipinski definition) is 0. The average molecular weight is 868 g/mol. The summed E-state index contributed by atoms with van der Waals surface area (Å²) in [6, 6.07) is 3.95. The van der Waals surface area contributed by atoms with Gasteiger partial charge < -0.3 is 4.74 Å². The van der Waals surface area contributed by atoms with Crippen LogP contribution in [-0.4, -0.2) is 12.1 Å². The lowest BCUT2D eigenvalue weighted by molar-refractivity contribution is -0.0594. The number of benzene rings is 1. The van der Waals surface area contributed by atoms with Gasteiger partial charge in [0.2, 0.25) is 0 Å². The van der Waals surface area contributed by atoms with Crippen molar-refractivity contribution in [3.8, 4) is 0 Å². The van der Waals surface area contributed by atoms with Gasteiger partial charge in [0.1, 0.15) is 6.10 Å². The highest BCUT2D eigenvalue weighted by molar-refractivity contribution is 14.1. The minimum Gasteiger partial charge on any atom is -0.458 e. The molecule has 1 aromatic carbocycles. The second kappa shape index (κ2) is 12.3. The quantitative estimate of drug-likeness (QED) is 0.118. The molecule has 4 aliphatic rings. The predicted octanol–water partition coefficient (Wildman–Crippen LogP) is 11.1. The van der Waals surface area contributed by atoms with Crippen molar-refractivity contribution < 1.29 is 9.53 Å². The molecule has 5 heteroatoms. The minimum atomic E-state index is -0.155. The van der Waals surface area contributed by atoms with Crippen molar-refractivity contribution in [3.05, 3.63) is 40.1 Å². The molecule has 0 heterocycles. The van der Waals surface area contributed by atoms with Gasteiger partial charge in [-0.2, -0.15) is 0 Å². The average Bonchev–Trinajstić information content (AvgIpc) is 3.24. The molecule has 5 rings (SSSR count). The van der Waals surface area contributed by atoms with E-state index in [1.165, 1.54) is 54.9 Å². The molecule has 0 bridgehead atoms. The van der Waals surface area contributed by atoms with Gasteiger partial charge in [0, 0.05) is 17.1 Å². The number of allylic oxidation sites excluding steroid dienone is 1. The highest BCUT2D eigenvalue weighted by atomic mass is 127. The van der Waals surface area contributed by atoms with Gasteiger partial charge in [0.05, 0.1) is 5.56 Å². The fraction of sp³-hybridized carbons (Fsp3) is 0.735. The normalized spacial score (nSPS) is 36.5. The number of halogens is 3. The first-order valence-corrected chi connectivity index (χ1v) is 18.7. The molecule has 0 amide bonds. The van der Waals surface area contributed by atoms with Crippen molar-refractivity contribution in [2.45, 2.75) is 111 Å². The Kier molecular flexibility index (Phi) is 9.81. The van der Waals surface area contributed by atoms with E-state index in [1.54, 1.807) is 5.57 Å². The van der Waals surface area contributed by atoms with Gasteiger partial charge in [-0.3, -0.25) is 0 Å². The lowest BCUT2D eigenvalue weighted by Crippen LogP contribution is -2.51. The molecule has 39 heavy (non-hydrogen) atoms. The van der Waals surface area contributed by atoms with E-state index in [1.807, 2.05) is 12.1 Å². The Morgan fingerprint density at radius 1 is 0.974 bits per heavy atom. The maximum Gasteiger partial charge on any atom is 0.338 e. The highest BCUT2D eigenvalue weighted by Crippen LogP contribution is 2.67. The summed E-state index contributed by atoms with van der Waals surface area (Å²) >= 11 is 6.98. The van der Waals surface area contributed by atoms with Gasteiger partial charge in [0.15, 0.2) is 0 Å². The topological polar surface area (TPSA) is 26.3 Å². The van der Waals surface area contributed by atoms with Gasteiger partial charge in [-0.1, -0.05) is 65.5 Å². The summed E-state index contributed by atoms with van der Waals surface area (Å²) in [5.41, 5.74) is 3.12. The summed E-state index contributed by atoms with van der Waals surface area (Å²) in [5.74, 6) is 5.00. The molecule has 3 unspecified atom stereocenters. The predicted molar refractivity (Wildman–Crippen MR) is 187 cm³/mol. The fourth-order valence-electron chi connectivity index (χ4n) is 9.65. The first-order chi connectivity index (χ1) is 18.4. The maximum absolute atomic E-state index is 13.1. The number of ether oxygens (including phenoxy) is 1. The van der Waals surface area contributed by atoms with Crippen molar-refractivity contribution in [1.82, 2.24) is 0 Å². The SMILES string of the molecule is CC(C)CCC[C@@H](C)[C@H]1CCC2C3CC=C4C[C@@H](OC(=O)c5cc(I)c(I)c(I)c5)CC[C@]4(C)C3CC[C@@]21C. The Hall–Kier alpha value is 0.620. The number of esters is 1. The summed E-state index contributed by atoms with van der Waals surface area (Å²) in [4.78, 5) is 13.1. The van der Waals surface area contributed by atoms with Crippen molar-refractivity contribution in [2.24, 2.45) is 46.3 Å². The second-order valence-electron chi connectivity index (χ2n) is 14.3. The molecular weight excluding hydrogens is 821 g/mol. The first kappa shape index (κ1) is 31.1. The standard InChI is InChI=1S/C34H47I3O2/c1-20(2)7-6-8-21(3)26-11-12-27-25-10-9-23-19-24(13-15-33(23,4)28(25)14-16-34(26,27)5)39-32(38)22-17-29(35)31(37)30(36)18-22/h9,17-18,20-21,24-28H,6-8,10-16,19H2,1-5H3/t21-,24+,25?,26-,27?,28?,33+,34-/m1/s1. The first-order valence-electron chi connectivity index (χ1n) is 15.5. The van der Waals surface area contributed by atoms with Gasteiger partial charge >= 0.3 is 5.97 Å². The van der Waals surface area contributed by atoms with Crippen LogP contribution in [0.15, 0.2) is 23.8 Å². The summed E-state index contributed by atoms with van der Waals surface area (Å²) < 4.78 is 9.58. The Morgan fingerprint density at radius 3 is 2.38 bits per heavy atom. The molecule has 3 saturated carbocycles. The molecule has 0 aromatic heterocycles. The molecule has 4 aliphatic carbocycles. The van der Waals surface area contributed by atoms with E-state index in [0.29, 0.717) is 16.4 Å². The second-order valence-corrected chi connectivity index (χ2v) is 17.7. The lowest BCUT2D eigenvalue weighted by Gasteiger charge is -2.58. The number of carbonyl (C=O) groups excluding carboxylic acids is 1. The number of hydrogen-bond acceptors (Lipinski definition) is 2. The number of fused-ring (bicyclic) bond motifs is 5. The molecule has 8 atom stereocenters. The van der Waals surface area contributed by atoms with Crippen molar-refractivity contribution in [1.29, 1.82) is 0 Å².